The van der Waals surface area contributed by atoms with Gasteiger partial charge < -0.3 is 15.4 Å². The van der Waals surface area contributed by atoms with Gasteiger partial charge in [-0.1, -0.05) is 63.2 Å². The molecule has 0 radical (unpaired) electrons. The molecule has 0 spiro atoms. The molecule has 0 atom stereocenters. The van der Waals surface area contributed by atoms with E-state index in [0.717, 1.165) is 5.56 Å². The second kappa shape index (κ2) is 9.54. The van der Waals surface area contributed by atoms with E-state index in [1.54, 1.807) is 5.38 Å². The van der Waals surface area contributed by atoms with Crippen LogP contribution in [-0.2, 0) is 21.5 Å². The SMILES string of the molecule is CC(C)(C)c1ccc(NC(=O)COC(=O)c2csc(NCc3ccccc3)n2)cc1. The smallest absolute Gasteiger partial charge is 0.358 e. The number of thiazole rings is 1. The molecule has 1 heterocycles. The van der Waals surface area contributed by atoms with Crippen LogP contribution in [0.15, 0.2) is 60.0 Å². The quantitative estimate of drug-likeness (QED) is 0.531. The number of hydrogen-bond acceptors (Lipinski definition) is 6. The normalized spacial score (nSPS) is 11.0. The van der Waals surface area contributed by atoms with Crippen molar-refractivity contribution < 1.29 is 14.3 Å². The zero-order valence-electron chi connectivity index (χ0n) is 17.3. The molecule has 7 heteroatoms. The zero-order chi connectivity index (χ0) is 21.6. The second-order valence-corrected chi connectivity index (χ2v) is 8.69. The van der Waals surface area contributed by atoms with Crippen LogP contribution >= 0.6 is 11.3 Å². The number of nitrogens with one attached hydrogen (secondary N) is 2. The lowest BCUT2D eigenvalue weighted by molar-refractivity contribution is -0.119. The standard InChI is InChI=1S/C23H25N3O3S/c1-23(2,3)17-9-11-18(12-10-17)25-20(27)14-29-21(28)19-15-30-22(26-19)24-13-16-7-5-4-6-8-16/h4-12,15H,13-14H2,1-3H3,(H,24,26)(H,25,27). The number of hydrogen-bond donors (Lipinski definition) is 2. The summed E-state index contributed by atoms with van der Waals surface area (Å²) in [6.45, 7) is 6.62. The molecule has 1 aromatic heterocycles. The Hall–Kier alpha value is -3.19. The van der Waals surface area contributed by atoms with Crippen molar-refractivity contribution in [2.24, 2.45) is 0 Å². The molecule has 2 aromatic carbocycles. The van der Waals surface area contributed by atoms with E-state index in [-0.39, 0.29) is 17.7 Å². The summed E-state index contributed by atoms with van der Waals surface area (Å²) in [4.78, 5) is 28.5. The molecule has 2 N–H and O–H groups in total. The molecule has 30 heavy (non-hydrogen) atoms. The number of anilines is 2. The van der Waals surface area contributed by atoms with Gasteiger partial charge in [-0.2, -0.15) is 0 Å². The van der Waals surface area contributed by atoms with Crippen molar-refractivity contribution in [1.82, 2.24) is 4.98 Å². The van der Waals surface area contributed by atoms with Crippen molar-refractivity contribution in [2.75, 3.05) is 17.2 Å². The summed E-state index contributed by atoms with van der Waals surface area (Å²) in [5, 5.41) is 8.12. The maximum Gasteiger partial charge on any atom is 0.358 e. The summed E-state index contributed by atoms with van der Waals surface area (Å²) in [7, 11) is 0. The van der Waals surface area contributed by atoms with E-state index in [9.17, 15) is 9.59 Å². The number of benzene rings is 2. The third kappa shape index (κ3) is 6.15. The third-order valence-corrected chi connectivity index (χ3v) is 5.17. The van der Waals surface area contributed by atoms with Crippen LogP contribution in [0.25, 0.3) is 0 Å². The Morgan fingerprint density at radius 3 is 2.40 bits per heavy atom. The fraction of sp³-hybridized carbons (Fsp3) is 0.261. The first kappa shape index (κ1) is 21.5. The van der Waals surface area contributed by atoms with Gasteiger partial charge in [-0.25, -0.2) is 9.78 Å². The fourth-order valence-corrected chi connectivity index (χ4v) is 3.36. The van der Waals surface area contributed by atoms with Crippen LogP contribution in [0.2, 0.25) is 0 Å². The lowest BCUT2D eigenvalue weighted by Gasteiger charge is -2.19. The average molecular weight is 424 g/mol. The van der Waals surface area contributed by atoms with Gasteiger partial charge in [-0.15, -0.1) is 11.3 Å². The Morgan fingerprint density at radius 2 is 1.73 bits per heavy atom. The minimum absolute atomic E-state index is 0.0421. The van der Waals surface area contributed by atoms with E-state index >= 15 is 0 Å². The summed E-state index contributed by atoms with van der Waals surface area (Å²) in [6, 6.07) is 17.5. The van der Waals surface area contributed by atoms with E-state index in [4.69, 9.17) is 4.74 Å². The number of nitrogens with zero attached hydrogens (tertiary/aromatic N) is 1. The molecule has 0 bridgehead atoms. The number of esters is 1. The van der Waals surface area contributed by atoms with Crippen LogP contribution in [0.4, 0.5) is 10.8 Å². The Labute approximate surface area is 180 Å². The molecule has 0 saturated carbocycles. The van der Waals surface area contributed by atoms with Crippen molar-refractivity contribution in [3.05, 3.63) is 76.8 Å². The lowest BCUT2D eigenvalue weighted by atomic mass is 9.87. The highest BCUT2D eigenvalue weighted by Gasteiger charge is 2.15. The first-order valence-corrected chi connectivity index (χ1v) is 10.5. The van der Waals surface area contributed by atoms with Crippen molar-refractivity contribution in [2.45, 2.75) is 32.7 Å². The number of ether oxygens (including phenoxy) is 1. The molecule has 3 aromatic rings. The largest absolute Gasteiger partial charge is 0.451 e. The van der Waals surface area contributed by atoms with Gasteiger partial charge in [0.25, 0.3) is 5.91 Å². The molecular formula is C23H25N3O3S. The zero-order valence-corrected chi connectivity index (χ0v) is 18.1. The van der Waals surface area contributed by atoms with Crippen molar-refractivity contribution in [3.8, 4) is 0 Å². The summed E-state index contributed by atoms with van der Waals surface area (Å²) >= 11 is 1.31. The highest BCUT2D eigenvalue weighted by molar-refractivity contribution is 7.13. The first-order chi connectivity index (χ1) is 14.3. The van der Waals surface area contributed by atoms with E-state index in [2.05, 4.69) is 36.4 Å². The first-order valence-electron chi connectivity index (χ1n) is 9.62. The maximum atomic E-state index is 12.2. The summed E-state index contributed by atoms with van der Waals surface area (Å²) in [5.41, 5.74) is 3.17. The molecule has 156 valence electrons. The summed E-state index contributed by atoms with van der Waals surface area (Å²) in [6.07, 6.45) is 0. The van der Waals surface area contributed by atoms with Gasteiger partial charge in [0.2, 0.25) is 0 Å². The second-order valence-electron chi connectivity index (χ2n) is 7.83. The molecule has 0 aliphatic heterocycles. The highest BCUT2D eigenvalue weighted by Crippen LogP contribution is 2.23. The summed E-state index contributed by atoms with van der Waals surface area (Å²) < 4.78 is 5.08. The topological polar surface area (TPSA) is 80.3 Å². The van der Waals surface area contributed by atoms with Crippen LogP contribution in [0, 0.1) is 0 Å². The van der Waals surface area contributed by atoms with Crippen molar-refractivity contribution in [3.63, 3.8) is 0 Å². The van der Waals surface area contributed by atoms with Gasteiger partial charge in [-0.3, -0.25) is 4.79 Å². The van der Waals surface area contributed by atoms with Crippen LogP contribution < -0.4 is 10.6 Å². The lowest BCUT2D eigenvalue weighted by Crippen LogP contribution is -2.21. The minimum atomic E-state index is -0.628. The Kier molecular flexibility index (Phi) is 6.84. The molecule has 0 aliphatic rings. The van der Waals surface area contributed by atoms with Crippen LogP contribution in [-0.4, -0.2) is 23.5 Å². The van der Waals surface area contributed by atoms with Crippen LogP contribution in [0.1, 0.15) is 42.4 Å². The monoisotopic (exact) mass is 423 g/mol. The highest BCUT2D eigenvalue weighted by atomic mass is 32.1. The van der Waals surface area contributed by atoms with Gasteiger partial charge in [0, 0.05) is 17.6 Å². The Bertz CT molecular complexity index is 993. The van der Waals surface area contributed by atoms with E-state index < -0.39 is 11.9 Å². The Balaban J connectivity index is 1.46. The molecular weight excluding hydrogens is 398 g/mol. The van der Waals surface area contributed by atoms with Crippen LogP contribution in [0.3, 0.4) is 0 Å². The van der Waals surface area contributed by atoms with E-state index in [0.29, 0.717) is 17.4 Å². The van der Waals surface area contributed by atoms with Gasteiger partial charge in [0.15, 0.2) is 17.4 Å². The predicted octanol–water partition coefficient (Wildman–Crippen LogP) is 4.85. The number of carbonyl (C=O) groups is 2. The van der Waals surface area contributed by atoms with Crippen LogP contribution in [0.5, 0.6) is 0 Å². The molecule has 3 rings (SSSR count). The number of aromatic nitrogens is 1. The number of rotatable bonds is 7. The molecule has 1 amide bonds. The number of amides is 1. The van der Waals surface area contributed by atoms with Gasteiger partial charge in [0.05, 0.1) is 0 Å². The predicted molar refractivity (Wildman–Crippen MR) is 120 cm³/mol. The maximum absolute atomic E-state index is 12.2. The fourth-order valence-electron chi connectivity index (χ4n) is 2.68. The van der Waals surface area contributed by atoms with Gasteiger partial charge in [-0.05, 0) is 28.7 Å². The molecule has 0 unspecified atom stereocenters. The number of carbonyl (C=O) groups excluding carboxylic acids is 2. The van der Waals surface area contributed by atoms with Gasteiger partial charge >= 0.3 is 5.97 Å². The average Bonchev–Trinajstić information content (AvgIpc) is 3.20. The molecule has 0 aliphatic carbocycles. The Morgan fingerprint density at radius 1 is 1.03 bits per heavy atom. The summed E-state index contributed by atoms with van der Waals surface area (Å²) in [5.74, 6) is -1.03. The molecule has 6 nitrogen and oxygen atoms in total. The third-order valence-electron chi connectivity index (χ3n) is 4.37. The van der Waals surface area contributed by atoms with Crippen molar-refractivity contribution in [1.29, 1.82) is 0 Å². The minimum Gasteiger partial charge on any atom is -0.451 e. The van der Waals surface area contributed by atoms with Gasteiger partial charge in [0.1, 0.15) is 0 Å². The van der Waals surface area contributed by atoms with E-state index in [1.165, 1.54) is 16.9 Å². The van der Waals surface area contributed by atoms with E-state index in [1.807, 2.05) is 54.6 Å². The van der Waals surface area contributed by atoms with Crippen molar-refractivity contribution >= 4 is 34.0 Å². The molecule has 0 saturated heterocycles. The molecule has 0 fully saturated rings.